The summed E-state index contributed by atoms with van der Waals surface area (Å²) < 4.78 is 1.45. The number of rotatable bonds is 3. The second-order valence-electron chi connectivity index (χ2n) is 4.33. The van der Waals surface area contributed by atoms with Gasteiger partial charge < -0.3 is 0 Å². The molecule has 0 radical (unpaired) electrons. The van der Waals surface area contributed by atoms with Gasteiger partial charge in [0.15, 0.2) is 0 Å². The third kappa shape index (κ3) is 2.69. The molecule has 0 spiro atoms. The topological polar surface area (TPSA) is 34.9 Å². The Balaban J connectivity index is 2.71. The van der Waals surface area contributed by atoms with Crippen molar-refractivity contribution in [2.75, 3.05) is 0 Å². The summed E-state index contributed by atoms with van der Waals surface area (Å²) in [4.78, 5) is 11.6. The number of hydrogen-bond acceptors (Lipinski definition) is 2. The molecule has 78 valence electrons. The fourth-order valence-corrected chi connectivity index (χ4v) is 1.23. The first kappa shape index (κ1) is 11.0. The molecule has 0 atom stereocenters. The molecular formula is C11H18N2O. The molecule has 0 saturated carbocycles. The second-order valence-corrected chi connectivity index (χ2v) is 4.33. The van der Waals surface area contributed by atoms with Gasteiger partial charge >= 0.3 is 0 Å². The number of hydrogen-bond donors (Lipinski definition) is 0. The number of aromatic nitrogens is 2. The number of nitrogens with zero attached hydrogens (tertiary/aromatic N) is 2. The van der Waals surface area contributed by atoms with Crippen molar-refractivity contribution in [3.05, 3.63) is 18.0 Å². The zero-order valence-corrected chi connectivity index (χ0v) is 9.32. The van der Waals surface area contributed by atoms with Crippen LogP contribution in [0.15, 0.2) is 12.3 Å². The SMILES string of the molecule is CC(C)CC(=O)n1ccc(C(C)C)n1. The van der Waals surface area contributed by atoms with E-state index in [4.69, 9.17) is 0 Å². The van der Waals surface area contributed by atoms with Crippen molar-refractivity contribution >= 4 is 5.91 Å². The predicted molar refractivity (Wildman–Crippen MR) is 56.4 cm³/mol. The van der Waals surface area contributed by atoms with Crippen LogP contribution in [0, 0.1) is 5.92 Å². The van der Waals surface area contributed by atoms with E-state index in [0.717, 1.165) is 5.69 Å². The lowest BCUT2D eigenvalue weighted by molar-refractivity contribution is 0.0870. The van der Waals surface area contributed by atoms with Crippen molar-refractivity contribution in [1.29, 1.82) is 0 Å². The summed E-state index contributed by atoms with van der Waals surface area (Å²) in [5.74, 6) is 0.837. The molecule has 0 N–H and O–H groups in total. The highest BCUT2D eigenvalue weighted by Crippen LogP contribution is 2.11. The smallest absolute Gasteiger partial charge is 0.247 e. The van der Waals surface area contributed by atoms with Crippen LogP contribution in [0.1, 0.15) is 50.5 Å². The van der Waals surface area contributed by atoms with Crippen LogP contribution < -0.4 is 0 Å². The summed E-state index contributed by atoms with van der Waals surface area (Å²) in [5, 5.41) is 4.23. The average Bonchev–Trinajstić information content (AvgIpc) is 2.50. The molecule has 3 nitrogen and oxygen atoms in total. The molecule has 0 aliphatic carbocycles. The van der Waals surface area contributed by atoms with Crippen LogP contribution in [0.25, 0.3) is 0 Å². The highest BCUT2D eigenvalue weighted by molar-refractivity contribution is 5.78. The lowest BCUT2D eigenvalue weighted by atomic mass is 10.1. The second kappa shape index (κ2) is 4.40. The molecule has 0 amide bonds. The third-order valence-electron chi connectivity index (χ3n) is 2.04. The predicted octanol–water partition coefficient (Wildman–Crippen LogP) is 2.69. The van der Waals surface area contributed by atoms with Gasteiger partial charge in [0.05, 0.1) is 5.69 Å². The van der Waals surface area contributed by atoms with E-state index in [9.17, 15) is 4.79 Å². The lowest BCUT2D eigenvalue weighted by Gasteiger charge is -2.03. The first-order chi connectivity index (χ1) is 6.50. The molecule has 3 heteroatoms. The summed E-state index contributed by atoms with van der Waals surface area (Å²) in [6.07, 6.45) is 2.30. The van der Waals surface area contributed by atoms with Gasteiger partial charge in [-0.2, -0.15) is 5.10 Å². The molecule has 1 heterocycles. The van der Waals surface area contributed by atoms with E-state index in [-0.39, 0.29) is 5.91 Å². The van der Waals surface area contributed by atoms with Crippen molar-refractivity contribution in [3.8, 4) is 0 Å². The van der Waals surface area contributed by atoms with Crippen LogP contribution in [0.3, 0.4) is 0 Å². The number of carbonyl (C=O) groups excluding carboxylic acids is 1. The van der Waals surface area contributed by atoms with Gasteiger partial charge in [-0.3, -0.25) is 4.79 Å². The van der Waals surface area contributed by atoms with Gasteiger partial charge in [0, 0.05) is 12.6 Å². The summed E-state index contributed by atoms with van der Waals surface area (Å²) >= 11 is 0. The van der Waals surface area contributed by atoms with E-state index in [1.807, 2.05) is 19.9 Å². The Hall–Kier alpha value is -1.12. The largest absolute Gasteiger partial charge is 0.273 e. The van der Waals surface area contributed by atoms with Gasteiger partial charge in [0.2, 0.25) is 5.91 Å². The van der Waals surface area contributed by atoms with E-state index >= 15 is 0 Å². The molecule has 1 aromatic heterocycles. The monoisotopic (exact) mass is 194 g/mol. The minimum Gasteiger partial charge on any atom is -0.273 e. The highest BCUT2D eigenvalue weighted by Gasteiger charge is 2.10. The van der Waals surface area contributed by atoms with E-state index < -0.39 is 0 Å². The Bertz CT molecular complexity index is 313. The molecule has 1 rings (SSSR count). The van der Waals surface area contributed by atoms with Crippen LogP contribution in [0.5, 0.6) is 0 Å². The molecule has 0 aliphatic rings. The van der Waals surface area contributed by atoms with Crippen molar-refractivity contribution < 1.29 is 4.79 Å². The van der Waals surface area contributed by atoms with Crippen molar-refractivity contribution in [3.63, 3.8) is 0 Å². The summed E-state index contributed by atoms with van der Waals surface area (Å²) in [5.41, 5.74) is 0.974. The number of carbonyl (C=O) groups is 1. The molecule has 1 aromatic rings. The Morgan fingerprint density at radius 2 is 2.07 bits per heavy atom. The highest BCUT2D eigenvalue weighted by atomic mass is 16.2. The summed E-state index contributed by atoms with van der Waals surface area (Å²) in [6, 6.07) is 1.91. The first-order valence-electron chi connectivity index (χ1n) is 5.09. The fraction of sp³-hybridized carbons (Fsp3) is 0.636. The van der Waals surface area contributed by atoms with Gasteiger partial charge in [0.25, 0.3) is 0 Å². The van der Waals surface area contributed by atoms with Gasteiger partial charge in [-0.25, -0.2) is 4.68 Å². The van der Waals surface area contributed by atoms with Crippen LogP contribution >= 0.6 is 0 Å². The normalized spacial score (nSPS) is 11.3. The van der Waals surface area contributed by atoms with Gasteiger partial charge in [-0.15, -0.1) is 0 Å². The Labute approximate surface area is 85.1 Å². The molecule has 0 bridgehead atoms. The molecule has 0 aromatic carbocycles. The third-order valence-corrected chi connectivity index (χ3v) is 2.04. The van der Waals surface area contributed by atoms with Gasteiger partial charge in [-0.1, -0.05) is 27.7 Å². The van der Waals surface area contributed by atoms with Crippen molar-refractivity contribution in [1.82, 2.24) is 9.78 Å². The molecule has 14 heavy (non-hydrogen) atoms. The summed E-state index contributed by atoms with van der Waals surface area (Å²) in [6.45, 7) is 8.20. The van der Waals surface area contributed by atoms with E-state index in [1.54, 1.807) is 6.20 Å². The molecular weight excluding hydrogens is 176 g/mol. The van der Waals surface area contributed by atoms with Crippen LogP contribution in [0.2, 0.25) is 0 Å². The van der Waals surface area contributed by atoms with E-state index in [2.05, 4.69) is 18.9 Å². The molecule has 0 fully saturated rings. The van der Waals surface area contributed by atoms with Gasteiger partial charge in [-0.05, 0) is 17.9 Å². The molecule has 0 aliphatic heterocycles. The van der Waals surface area contributed by atoms with Crippen LogP contribution in [-0.2, 0) is 0 Å². The van der Waals surface area contributed by atoms with Crippen molar-refractivity contribution in [2.45, 2.75) is 40.0 Å². The minimum absolute atomic E-state index is 0.0758. The van der Waals surface area contributed by atoms with Crippen LogP contribution in [-0.4, -0.2) is 15.7 Å². The average molecular weight is 194 g/mol. The first-order valence-corrected chi connectivity index (χ1v) is 5.09. The zero-order chi connectivity index (χ0) is 10.7. The Morgan fingerprint density at radius 3 is 2.50 bits per heavy atom. The Morgan fingerprint density at radius 1 is 1.43 bits per heavy atom. The summed E-state index contributed by atoms with van der Waals surface area (Å²) in [7, 11) is 0. The maximum Gasteiger partial charge on any atom is 0.247 e. The van der Waals surface area contributed by atoms with Gasteiger partial charge in [0.1, 0.15) is 0 Å². The van der Waals surface area contributed by atoms with Crippen molar-refractivity contribution in [2.24, 2.45) is 5.92 Å². The maximum atomic E-state index is 11.6. The maximum absolute atomic E-state index is 11.6. The zero-order valence-electron chi connectivity index (χ0n) is 9.32. The van der Waals surface area contributed by atoms with Crippen LogP contribution in [0.4, 0.5) is 0 Å². The van der Waals surface area contributed by atoms with E-state index in [1.165, 1.54) is 4.68 Å². The lowest BCUT2D eigenvalue weighted by Crippen LogP contribution is -2.14. The quantitative estimate of drug-likeness (QED) is 0.741. The molecule has 0 saturated heterocycles. The molecule has 0 unspecified atom stereocenters. The minimum atomic E-state index is 0.0758. The Kier molecular flexibility index (Phi) is 3.44. The standard InChI is InChI=1S/C11H18N2O/c1-8(2)7-11(14)13-6-5-10(12-13)9(3)4/h5-6,8-9H,7H2,1-4H3. The fourth-order valence-electron chi connectivity index (χ4n) is 1.23. The van der Waals surface area contributed by atoms with E-state index in [0.29, 0.717) is 18.3 Å².